The maximum Gasteiger partial charge on any atom is 0.334 e. The van der Waals surface area contributed by atoms with E-state index < -0.39 is 5.97 Å². The zero-order valence-electron chi connectivity index (χ0n) is 8.29. The van der Waals surface area contributed by atoms with Gasteiger partial charge in [0.25, 0.3) is 0 Å². The Morgan fingerprint density at radius 3 is 2.80 bits per heavy atom. The lowest BCUT2D eigenvalue weighted by Gasteiger charge is -2.06. The molecule has 0 unspecified atom stereocenters. The lowest BCUT2D eigenvalue weighted by Crippen LogP contribution is -2.08. The summed E-state index contributed by atoms with van der Waals surface area (Å²) in [5, 5.41) is 8.51. The zero-order valence-corrected chi connectivity index (χ0v) is 8.29. The maximum absolute atomic E-state index is 13.0. The quantitative estimate of drug-likeness (QED) is 0.774. The third-order valence-corrected chi connectivity index (χ3v) is 1.86. The van der Waals surface area contributed by atoms with Gasteiger partial charge < -0.3 is 9.84 Å². The number of aliphatic carboxylic acids is 1. The molecule has 80 valence electrons. The minimum atomic E-state index is -1.12. The average molecular weight is 210 g/mol. The molecule has 0 heterocycles. The minimum Gasteiger partial charge on any atom is -0.489 e. The van der Waals surface area contributed by atoms with Gasteiger partial charge in [-0.25, -0.2) is 9.18 Å². The summed E-state index contributed by atoms with van der Waals surface area (Å²) in [7, 11) is 0. The molecule has 0 aromatic heterocycles. The summed E-state index contributed by atoms with van der Waals surface area (Å²) in [6, 6.07) is 4.35. The molecule has 1 N–H and O–H groups in total. The summed E-state index contributed by atoms with van der Waals surface area (Å²) in [5.41, 5.74) is 0.440. The number of carboxylic acids is 1. The molecule has 0 atom stereocenters. The Bertz CT molecular complexity index is 399. The van der Waals surface area contributed by atoms with Crippen molar-refractivity contribution < 1.29 is 19.0 Å². The second-order valence-corrected chi connectivity index (χ2v) is 3.11. The van der Waals surface area contributed by atoms with Crippen LogP contribution < -0.4 is 4.74 Å². The molecule has 0 radical (unpaired) electrons. The van der Waals surface area contributed by atoms with Crippen molar-refractivity contribution in [2.45, 2.75) is 6.92 Å². The van der Waals surface area contributed by atoms with E-state index in [1.807, 2.05) is 0 Å². The first kappa shape index (κ1) is 11.2. The van der Waals surface area contributed by atoms with Crippen LogP contribution in [0.25, 0.3) is 0 Å². The molecule has 0 aliphatic heterocycles. The van der Waals surface area contributed by atoms with Gasteiger partial charge in [-0.3, -0.25) is 0 Å². The van der Waals surface area contributed by atoms with E-state index >= 15 is 0 Å². The topological polar surface area (TPSA) is 46.5 Å². The number of carboxylic acid groups (broad SMARTS) is 1. The molecule has 0 aliphatic carbocycles. The molecular formula is C11H11FO3. The fraction of sp³-hybridized carbons (Fsp3) is 0.182. The lowest BCUT2D eigenvalue weighted by atomic mass is 10.2. The fourth-order valence-corrected chi connectivity index (χ4v) is 0.896. The Balaban J connectivity index is 2.62. The number of benzene rings is 1. The van der Waals surface area contributed by atoms with Gasteiger partial charge in [-0.05, 0) is 18.6 Å². The van der Waals surface area contributed by atoms with Crippen LogP contribution in [0, 0.1) is 12.7 Å². The highest BCUT2D eigenvalue weighted by molar-refractivity contribution is 5.86. The molecule has 0 fully saturated rings. The minimum absolute atomic E-state index is 0.0732. The van der Waals surface area contributed by atoms with Gasteiger partial charge in [-0.15, -0.1) is 0 Å². The maximum atomic E-state index is 13.0. The third-order valence-electron chi connectivity index (χ3n) is 1.86. The molecule has 15 heavy (non-hydrogen) atoms. The van der Waals surface area contributed by atoms with Crippen LogP contribution in [0.1, 0.15) is 5.56 Å². The summed E-state index contributed by atoms with van der Waals surface area (Å²) in [6.07, 6.45) is 0. The number of ether oxygens (including phenoxy) is 1. The van der Waals surface area contributed by atoms with Gasteiger partial charge in [0.1, 0.15) is 18.2 Å². The van der Waals surface area contributed by atoms with Crippen molar-refractivity contribution in [2.24, 2.45) is 0 Å². The van der Waals surface area contributed by atoms with Gasteiger partial charge in [0.15, 0.2) is 0 Å². The third kappa shape index (κ3) is 3.09. The smallest absolute Gasteiger partial charge is 0.334 e. The molecule has 1 rings (SSSR count). The van der Waals surface area contributed by atoms with E-state index in [0.717, 1.165) is 0 Å². The Labute approximate surface area is 86.8 Å². The first-order valence-corrected chi connectivity index (χ1v) is 4.30. The zero-order chi connectivity index (χ0) is 11.4. The van der Waals surface area contributed by atoms with Crippen molar-refractivity contribution in [1.29, 1.82) is 0 Å². The number of hydrogen-bond donors (Lipinski definition) is 1. The van der Waals surface area contributed by atoms with Gasteiger partial charge in [0, 0.05) is 6.07 Å². The highest BCUT2D eigenvalue weighted by Crippen LogP contribution is 2.16. The summed E-state index contributed by atoms with van der Waals surface area (Å²) in [4.78, 5) is 10.4. The van der Waals surface area contributed by atoms with Crippen molar-refractivity contribution in [2.75, 3.05) is 6.61 Å². The number of carbonyl (C=O) groups is 1. The van der Waals surface area contributed by atoms with Gasteiger partial charge in [0.2, 0.25) is 0 Å². The molecule has 4 heteroatoms. The summed E-state index contributed by atoms with van der Waals surface area (Å²) < 4.78 is 18.1. The van der Waals surface area contributed by atoms with E-state index in [2.05, 4.69) is 6.58 Å². The monoisotopic (exact) mass is 210 g/mol. The van der Waals surface area contributed by atoms with E-state index in [1.54, 1.807) is 19.1 Å². The molecular weight excluding hydrogens is 199 g/mol. The Kier molecular flexibility index (Phi) is 3.44. The van der Waals surface area contributed by atoms with Gasteiger partial charge >= 0.3 is 5.97 Å². The summed E-state index contributed by atoms with van der Waals surface area (Å²) in [6.45, 7) is 4.77. The Morgan fingerprint density at radius 1 is 1.60 bits per heavy atom. The van der Waals surface area contributed by atoms with Crippen LogP contribution in [0.3, 0.4) is 0 Å². The molecule has 0 saturated heterocycles. The predicted molar refractivity (Wildman–Crippen MR) is 53.4 cm³/mol. The van der Waals surface area contributed by atoms with Crippen LogP contribution >= 0.6 is 0 Å². The second-order valence-electron chi connectivity index (χ2n) is 3.11. The fourth-order valence-electron chi connectivity index (χ4n) is 0.896. The highest BCUT2D eigenvalue weighted by atomic mass is 19.1. The molecule has 3 nitrogen and oxygen atoms in total. The molecule has 0 amide bonds. The Morgan fingerprint density at radius 2 is 2.27 bits per heavy atom. The largest absolute Gasteiger partial charge is 0.489 e. The van der Waals surface area contributed by atoms with Gasteiger partial charge in [-0.1, -0.05) is 12.6 Å². The first-order valence-electron chi connectivity index (χ1n) is 4.30. The number of rotatable bonds is 4. The molecule has 0 aliphatic rings. The van der Waals surface area contributed by atoms with E-state index in [1.165, 1.54) is 6.07 Å². The molecule has 0 spiro atoms. The van der Waals surface area contributed by atoms with E-state index in [9.17, 15) is 9.18 Å². The van der Waals surface area contributed by atoms with Gasteiger partial charge in [0.05, 0.1) is 5.57 Å². The lowest BCUT2D eigenvalue weighted by molar-refractivity contribution is -0.133. The van der Waals surface area contributed by atoms with Crippen molar-refractivity contribution in [3.63, 3.8) is 0 Å². The number of aryl methyl sites for hydroxylation is 1. The molecule has 1 aromatic carbocycles. The van der Waals surface area contributed by atoms with Crippen LogP contribution in [0.5, 0.6) is 5.75 Å². The van der Waals surface area contributed by atoms with Crippen LogP contribution in [-0.4, -0.2) is 17.7 Å². The number of halogens is 1. The van der Waals surface area contributed by atoms with E-state index in [4.69, 9.17) is 9.84 Å². The Hall–Kier alpha value is -1.84. The van der Waals surface area contributed by atoms with E-state index in [0.29, 0.717) is 11.3 Å². The van der Waals surface area contributed by atoms with E-state index in [-0.39, 0.29) is 18.0 Å². The standard InChI is InChI=1S/C11H11FO3/c1-7-3-4-9(5-10(7)12)15-6-8(2)11(13)14/h3-5H,2,6H2,1H3,(H,13,14). The van der Waals surface area contributed by atoms with Crippen LogP contribution in [0.2, 0.25) is 0 Å². The normalized spacial score (nSPS) is 9.73. The SMILES string of the molecule is C=C(COc1ccc(C)c(F)c1)C(=O)O. The summed E-state index contributed by atoms with van der Waals surface area (Å²) >= 11 is 0. The van der Waals surface area contributed by atoms with Crippen molar-refractivity contribution in [3.8, 4) is 5.75 Å². The predicted octanol–water partition coefficient (Wildman–Crippen LogP) is 2.15. The van der Waals surface area contributed by atoms with Crippen LogP contribution in [0.15, 0.2) is 30.4 Å². The molecule has 1 aromatic rings. The molecule has 0 saturated carbocycles. The van der Waals surface area contributed by atoms with Crippen molar-refractivity contribution in [1.82, 2.24) is 0 Å². The second kappa shape index (κ2) is 4.59. The highest BCUT2D eigenvalue weighted by Gasteiger charge is 2.05. The first-order chi connectivity index (χ1) is 7.00. The molecule has 0 bridgehead atoms. The van der Waals surface area contributed by atoms with Crippen LogP contribution in [0.4, 0.5) is 4.39 Å². The van der Waals surface area contributed by atoms with Crippen molar-refractivity contribution in [3.05, 3.63) is 41.7 Å². The van der Waals surface area contributed by atoms with Crippen molar-refractivity contribution >= 4 is 5.97 Å². The summed E-state index contributed by atoms with van der Waals surface area (Å²) in [5.74, 6) is -1.21. The average Bonchev–Trinajstić information content (AvgIpc) is 2.19. The number of hydrogen-bond acceptors (Lipinski definition) is 2. The van der Waals surface area contributed by atoms with Gasteiger partial charge in [-0.2, -0.15) is 0 Å². The van der Waals surface area contributed by atoms with Crippen LogP contribution in [-0.2, 0) is 4.79 Å².